The van der Waals surface area contributed by atoms with Crippen molar-refractivity contribution in [3.8, 4) is 11.8 Å². The van der Waals surface area contributed by atoms with E-state index < -0.39 is 0 Å². The van der Waals surface area contributed by atoms with E-state index in [1.807, 2.05) is 6.92 Å². The summed E-state index contributed by atoms with van der Waals surface area (Å²) in [5, 5.41) is 0. The number of pyridine rings is 1. The fourth-order valence-corrected chi connectivity index (χ4v) is 1.35. The molecule has 0 fully saturated rings. The Labute approximate surface area is 115 Å². The zero-order valence-electron chi connectivity index (χ0n) is 12.0. The maximum atomic E-state index is 5.77. The second-order valence-electron chi connectivity index (χ2n) is 4.71. The molecule has 0 radical (unpaired) electrons. The number of nitrogens with two attached hydrogens (primary N) is 1. The van der Waals surface area contributed by atoms with Crippen molar-refractivity contribution in [1.29, 1.82) is 0 Å². The van der Waals surface area contributed by atoms with Gasteiger partial charge in [0.2, 0.25) is 11.8 Å². The summed E-state index contributed by atoms with van der Waals surface area (Å²) in [6, 6.07) is 3.47. The topological polar surface area (TPSA) is 66.6 Å². The Morgan fingerprint density at radius 2 is 1.95 bits per heavy atom. The predicted octanol–water partition coefficient (Wildman–Crippen LogP) is 2.50. The summed E-state index contributed by atoms with van der Waals surface area (Å²) in [7, 11) is 0. The molecular formula is C14H24N2O3. The number of anilines is 1. The van der Waals surface area contributed by atoms with Gasteiger partial charge in [-0.15, -0.1) is 0 Å². The Morgan fingerprint density at radius 3 is 2.63 bits per heavy atom. The van der Waals surface area contributed by atoms with Gasteiger partial charge in [0.05, 0.1) is 18.9 Å². The fourth-order valence-electron chi connectivity index (χ4n) is 1.35. The average molecular weight is 268 g/mol. The van der Waals surface area contributed by atoms with Crippen LogP contribution in [0.5, 0.6) is 11.8 Å². The molecule has 0 amide bonds. The van der Waals surface area contributed by atoms with Crippen molar-refractivity contribution >= 4 is 5.69 Å². The molecule has 108 valence electrons. The maximum Gasteiger partial charge on any atom is 0.240 e. The molecule has 0 atom stereocenters. The molecule has 5 nitrogen and oxygen atoms in total. The van der Waals surface area contributed by atoms with E-state index in [9.17, 15) is 0 Å². The Bertz CT molecular complexity index is 370. The number of hydrogen-bond acceptors (Lipinski definition) is 5. The third-order valence-electron chi connectivity index (χ3n) is 2.24. The first-order valence-corrected chi connectivity index (χ1v) is 6.73. The summed E-state index contributed by atoms with van der Waals surface area (Å²) < 4.78 is 16.4. The number of rotatable bonds is 9. The molecule has 1 aromatic rings. The summed E-state index contributed by atoms with van der Waals surface area (Å²) >= 11 is 0. The molecule has 0 aromatic carbocycles. The summed E-state index contributed by atoms with van der Waals surface area (Å²) in [5.74, 6) is 1.47. The molecule has 0 aliphatic rings. The van der Waals surface area contributed by atoms with E-state index in [1.165, 1.54) is 0 Å². The maximum absolute atomic E-state index is 5.77. The quantitative estimate of drug-likeness (QED) is 0.697. The number of nitrogens with zero attached hydrogens (tertiary/aromatic N) is 1. The molecule has 0 aliphatic carbocycles. The lowest BCUT2D eigenvalue weighted by Crippen LogP contribution is -2.11. The van der Waals surface area contributed by atoms with Crippen molar-refractivity contribution in [3.05, 3.63) is 12.1 Å². The van der Waals surface area contributed by atoms with Gasteiger partial charge in [-0.2, -0.15) is 4.98 Å². The van der Waals surface area contributed by atoms with Crippen LogP contribution in [0.15, 0.2) is 12.1 Å². The molecule has 2 N–H and O–H groups in total. The Kier molecular flexibility index (Phi) is 7.03. The van der Waals surface area contributed by atoms with Crippen LogP contribution in [0, 0.1) is 5.92 Å². The Balaban J connectivity index is 2.37. The van der Waals surface area contributed by atoms with Crippen molar-refractivity contribution in [3.63, 3.8) is 0 Å². The zero-order chi connectivity index (χ0) is 14.1. The van der Waals surface area contributed by atoms with Gasteiger partial charge in [-0.05, 0) is 18.4 Å². The second-order valence-corrected chi connectivity index (χ2v) is 4.71. The number of aromatic nitrogens is 1. The van der Waals surface area contributed by atoms with Crippen molar-refractivity contribution in [2.24, 2.45) is 5.92 Å². The lowest BCUT2D eigenvalue weighted by molar-refractivity contribution is 0.0804. The molecular weight excluding hydrogens is 244 g/mol. The van der Waals surface area contributed by atoms with E-state index in [-0.39, 0.29) is 0 Å². The van der Waals surface area contributed by atoms with Crippen LogP contribution in [0.25, 0.3) is 0 Å². The lowest BCUT2D eigenvalue weighted by atomic mass is 10.2. The zero-order valence-corrected chi connectivity index (χ0v) is 12.0. The third-order valence-corrected chi connectivity index (χ3v) is 2.24. The largest absolute Gasteiger partial charge is 0.476 e. The van der Waals surface area contributed by atoms with Crippen molar-refractivity contribution in [2.75, 3.05) is 32.2 Å². The van der Waals surface area contributed by atoms with E-state index in [2.05, 4.69) is 18.8 Å². The second kappa shape index (κ2) is 8.58. The molecule has 1 aromatic heterocycles. The van der Waals surface area contributed by atoms with Gasteiger partial charge in [0.15, 0.2) is 0 Å². The van der Waals surface area contributed by atoms with Crippen LogP contribution in [0.2, 0.25) is 0 Å². The van der Waals surface area contributed by atoms with Crippen molar-refractivity contribution in [2.45, 2.75) is 27.2 Å². The van der Waals surface area contributed by atoms with Gasteiger partial charge in [-0.1, -0.05) is 20.8 Å². The van der Waals surface area contributed by atoms with Gasteiger partial charge in [0, 0.05) is 12.7 Å². The van der Waals surface area contributed by atoms with E-state index in [0.29, 0.717) is 43.2 Å². The normalized spacial score (nSPS) is 10.7. The van der Waals surface area contributed by atoms with Gasteiger partial charge in [-0.25, -0.2) is 0 Å². The van der Waals surface area contributed by atoms with Crippen molar-refractivity contribution in [1.82, 2.24) is 4.98 Å². The summed E-state index contributed by atoms with van der Waals surface area (Å²) in [5.41, 5.74) is 6.30. The first-order chi connectivity index (χ1) is 9.13. The molecule has 0 spiro atoms. The van der Waals surface area contributed by atoms with Crippen LogP contribution >= 0.6 is 0 Å². The van der Waals surface area contributed by atoms with E-state index in [0.717, 1.165) is 13.0 Å². The fraction of sp³-hybridized carbons (Fsp3) is 0.643. The Morgan fingerprint density at radius 1 is 1.16 bits per heavy atom. The molecule has 0 bridgehead atoms. The molecule has 0 saturated heterocycles. The average Bonchev–Trinajstić information content (AvgIpc) is 2.38. The highest BCUT2D eigenvalue weighted by molar-refractivity contribution is 5.49. The molecule has 0 saturated carbocycles. The van der Waals surface area contributed by atoms with Gasteiger partial charge in [0.25, 0.3) is 0 Å². The van der Waals surface area contributed by atoms with E-state index in [4.69, 9.17) is 19.9 Å². The molecule has 1 rings (SSSR count). The SMILES string of the molecule is CCCOc1nc(OCCOCC(C)C)ccc1N. The third kappa shape index (κ3) is 6.29. The molecule has 1 heterocycles. The van der Waals surface area contributed by atoms with Crippen molar-refractivity contribution < 1.29 is 14.2 Å². The predicted molar refractivity (Wildman–Crippen MR) is 75.6 cm³/mol. The van der Waals surface area contributed by atoms with Crippen LogP contribution in [0.1, 0.15) is 27.2 Å². The summed E-state index contributed by atoms with van der Waals surface area (Å²) in [6.07, 6.45) is 0.912. The smallest absolute Gasteiger partial charge is 0.240 e. The van der Waals surface area contributed by atoms with Crippen LogP contribution < -0.4 is 15.2 Å². The van der Waals surface area contributed by atoms with Crippen LogP contribution in [0.4, 0.5) is 5.69 Å². The van der Waals surface area contributed by atoms with E-state index in [1.54, 1.807) is 12.1 Å². The minimum Gasteiger partial charge on any atom is -0.476 e. The number of hydrogen-bond donors (Lipinski definition) is 1. The van der Waals surface area contributed by atoms with Crippen LogP contribution in [-0.4, -0.2) is 31.4 Å². The highest BCUT2D eigenvalue weighted by Gasteiger charge is 2.05. The molecule has 5 heteroatoms. The summed E-state index contributed by atoms with van der Waals surface area (Å²) in [6.45, 7) is 8.61. The lowest BCUT2D eigenvalue weighted by Gasteiger charge is -2.10. The van der Waals surface area contributed by atoms with Crippen LogP contribution in [0.3, 0.4) is 0 Å². The van der Waals surface area contributed by atoms with Gasteiger partial charge < -0.3 is 19.9 Å². The first-order valence-electron chi connectivity index (χ1n) is 6.73. The minimum atomic E-state index is 0.433. The van der Waals surface area contributed by atoms with Gasteiger partial charge in [-0.3, -0.25) is 0 Å². The first kappa shape index (κ1) is 15.6. The van der Waals surface area contributed by atoms with Crippen LogP contribution in [-0.2, 0) is 4.74 Å². The highest BCUT2D eigenvalue weighted by Crippen LogP contribution is 2.22. The molecule has 0 aliphatic heterocycles. The van der Waals surface area contributed by atoms with E-state index >= 15 is 0 Å². The number of nitrogen functional groups attached to an aromatic ring is 1. The number of ether oxygens (including phenoxy) is 3. The molecule has 19 heavy (non-hydrogen) atoms. The monoisotopic (exact) mass is 268 g/mol. The summed E-state index contributed by atoms with van der Waals surface area (Å²) in [4.78, 5) is 4.22. The standard InChI is InChI=1S/C14H24N2O3/c1-4-7-19-14-12(15)5-6-13(16-14)18-9-8-17-10-11(2)3/h5-6,11H,4,7-10,15H2,1-3H3. The molecule has 0 unspecified atom stereocenters. The highest BCUT2D eigenvalue weighted by atomic mass is 16.5. The Hall–Kier alpha value is -1.49. The van der Waals surface area contributed by atoms with Gasteiger partial charge in [0.1, 0.15) is 6.61 Å². The van der Waals surface area contributed by atoms with Gasteiger partial charge >= 0.3 is 0 Å². The minimum absolute atomic E-state index is 0.433.